The Morgan fingerprint density at radius 2 is 2.42 bits per heavy atom. The minimum atomic E-state index is 0.781. The summed E-state index contributed by atoms with van der Waals surface area (Å²) in [7, 11) is 0. The van der Waals surface area contributed by atoms with E-state index in [9.17, 15) is 0 Å². The third-order valence-corrected chi connectivity index (χ3v) is 2.16. The van der Waals surface area contributed by atoms with Gasteiger partial charge in [0, 0.05) is 12.7 Å². The topological polar surface area (TPSA) is 30.7 Å². The van der Waals surface area contributed by atoms with E-state index in [0.717, 1.165) is 22.3 Å². The molecule has 0 amide bonds. The lowest BCUT2D eigenvalue weighted by atomic mass is 10.5. The summed E-state index contributed by atoms with van der Waals surface area (Å²) in [5.74, 6) is 0. The predicted octanol–water partition coefficient (Wildman–Crippen LogP) is 2.21. The zero-order chi connectivity index (χ0) is 8.55. The molecule has 2 aromatic heterocycles. The van der Waals surface area contributed by atoms with Gasteiger partial charge in [0.2, 0.25) is 0 Å². The van der Waals surface area contributed by atoms with Crippen LogP contribution >= 0.6 is 15.9 Å². The zero-order valence-corrected chi connectivity index (χ0v) is 8.24. The molecule has 2 aromatic rings. The normalized spacial score (nSPS) is 10.8. The fraction of sp³-hybridized carbons (Fsp3) is 0.250. The summed E-state index contributed by atoms with van der Waals surface area (Å²) in [6.07, 6.45) is 3.71. The number of hydrogen-bond donors (Lipinski definition) is 0. The number of rotatable bonds is 1. The molecule has 0 saturated carbocycles. The van der Waals surface area contributed by atoms with Gasteiger partial charge >= 0.3 is 0 Å². The van der Waals surface area contributed by atoms with Crippen molar-refractivity contribution in [2.75, 3.05) is 0 Å². The second kappa shape index (κ2) is 2.86. The lowest BCUT2D eigenvalue weighted by molar-refractivity contribution is 0.786. The minimum Gasteiger partial charge on any atom is -0.331 e. The first-order valence-electron chi connectivity index (χ1n) is 3.78. The molecule has 3 nitrogen and oxygen atoms in total. The van der Waals surface area contributed by atoms with Crippen molar-refractivity contribution in [1.29, 1.82) is 0 Å². The Morgan fingerprint density at radius 3 is 3.17 bits per heavy atom. The molecule has 0 aliphatic heterocycles. The molecule has 2 rings (SSSR count). The molecule has 0 aliphatic carbocycles. The standard InChI is InChI=1S/C8H8BrN3/c1-2-12-4-3-6-8(12)10-5-7(9)11-6/h3-5H,2H2,1H3. The van der Waals surface area contributed by atoms with E-state index in [-0.39, 0.29) is 0 Å². The maximum absolute atomic E-state index is 4.28. The molecule has 0 radical (unpaired) electrons. The van der Waals surface area contributed by atoms with Crippen molar-refractivity contribution in [3.8, 4) is 0 Å². The van der Waals surface area contributed by atoms with E-state index >= 15 is 0 Å². The molecule has 0 fully saturated rings. The highest BCUT2D eigenvalue weighted by molar-refractivity contribution is 9.10. The van der Waals surface area contributed by atoms with Crippen LogP contribution in [0, 0.1) is 0 Å². The van der Waals surface area contributed by atoms with Crippen LogP contribution in [0.25, 0.3) is 11.2 Å². The Kier molecular flexibility index (Phi) is 1.84. The van der Waals surface area contributed by atoms with Gasteiger partial charge in [-0.1, -0.05) is 0 Å². The molecule has 0 N–H and O–H groups in total. The number of aryl methyl sites for hydroxylation is 1. The summed E-state index contributed by atoms with van der Waals surface area (Å²) in [5.41, 5.74) is 1.88. The van der Waals surface area contributed by atoms with Gasteiger partial charge in [0.05, 0.1) is 6.20 Å². The summed E-state index contributed by atoms with van der Waals surface area (Å²) >= 11 is 3.28. The SMILES string of the molecule is CCn1ccc2nc(Br)cnc21. The lowest BCUT2D eigenvalue weighted by Gasteiger charge is -1.97. The average molecular weight is 226 g/mol. The number of halogens is 1. The summed E-state index contributed by atoms with van der Waals surface area (Å²) in [5, 5.41) is 0. The third-order valence-electron chi connectivity index (χ3n) is 1.77. The van der Waals surface area contributed by atoms with Gasteiger partial charge in [-0.25, -0.2) is 9.97 Å². The van der Waals surface area contributed by atoms with Crippen LogP contribution in [-0.2, 0) is 6.54 Å². The molecule has 0 atom stereocenters. The highest BCUT2D eigenvalue weighted by atomic mass is 79.9. The molecular formula is C8H8BrN3. The zero-order valence-electron chi connectivity index (χ0n) is 6.66. The fourth-order valence-corrected chi connectivity index (χ4v) is 1.49. The first kappa shape index (κ1) is 7.73. The van der Waals surface area contributed by atoms with Crippen molar-refractivity contribution < 1.29 is 0 Å². The van der Waals surface area contributed by atoms with Crippen LogP contribution in [0.5, 0.6) is 0 Å². The Balaban J connectivity index is 2.73. The minimum absolute atomic E-state index is 0.781. The van der Waals surface area contributed by atoms with Crippen molar-refractivity contribution in [3.63, 3.8) is 0 Å². The van der Waals surface area contributed by atoms with Crippen molar-refractivity contribution in [2.24, 2.45) is 0 Å². The molecule has 0 aliphatic rings. The number of aromatic nitrogens is 3. The summed E-state index contributed by atoms with van der Waals surface area (Å²) in [6.45, 7) is 3.02. The van der Waals surface area contributed by atoms with Gasteiger partial charge < -0.3 is 4.57 Å². The van der Waals surface area contributed by atoms with Crippen molar-refractivity contribution in [3.05, 3.63) is 23.1 Å². The second-order valence-electron chi connectivity index (χ2n) is 2.50. The van der Waals surface area contributed by atoms with E-state index in [1.54, 1.807) is 6.20 Å². The number of nitrogens with zero attached hydrogens (tertiary/aromatic N) is 3. The molecule has 0 aromatic carbocycles. The maximum Gasteiger partial charge on any atom is 0.158 e. The largest absolute Gasteiger partial charge is 0.331 e. The summed E-state index contributed by atoms with van der Waals surface area (Å²) in [4.78, 5) is 8.54. The predicted molar refractivity (Wildman–Crippen MR) is 50.9 cm³/mol. The second-order valence-corrected chi connectivity index (χ2v) is 3.32. The highest BCUT2D eigenvalue weighted by Gasteiger charge is 2.01. The van der Waals surface area contributed by atoms with Gasteiger partial charge in [-0.15, -0.1) is 0 Å². The molecule has 0 bridgehead atoms. The van der Waals surface area contributed by atoms with E-state index in [4.69, 9.17) is 0 Å². The molecule has 4 heteroatoms. The van der Waals surface area contributed by atoms with Crippen LogP contribution in [0.1, 0.15) is 6.92 Å². The van der Waals surface area contributed by atoms with Gasteiger partial charge in [0.1, 0.15) is 10.1 Å². The number of fused-ring (bicyclic) bond motifs is 1. The van der Waals surface area contributed by atoms with E-state index in [1.807, 2.05) is 12.3 Å². The van der Waals surface area contributed by atoms with Crippen LogP contribution in [0.15, 0.2) is 23.1 Å². The summed E-state index contributed by atoms with van der Waals surface area (Å²) in [6, 6.07) is 1.97. The quantitative estimate of drug-likeness (QED) is 0.746. The molecule has 0 unspecified atom stereocenters. The van der Waals surface area contributed by atoms with E-state index in [2.05, 4.69) is 37.4 Å². The average Bonchev–Trinajstić information content (AvgIpc) is 2.46. The van der Waals surface area contributed by atoms with Crippen molar-refractivity contribution in [1.82, 2.24) is 14.5 Å². The monoisotopic (exact) mass is 225 g/mol. The lowest BCUT2D eigenvalue weighted by Crippen LogP contribution is -1.93. The first-order chi connectivity index (χ1) is 5.81. The molecular weight excluding hydrogens is 218 g/mol. The Morgan fingerprint density at radius 1 is 1.58 bits per heavy atom. The van der Waals surface area contributed by atoms with E-state index < -0.39 is 0 Å². The van der Waals surface area contributed by atoms with Gasteiger partial charge in [-0.05, 0) is 28.9 Å². The van der Waals surface area contributed by atoms with E-state index in [0.29, 0.717) is 0 Å². The van der Waals surface area contributed by atoms with Gasteiger partial charge in [-0.3, -0.25) is 0 Å². The van der Waals surface area contributed by atoms with Crippen LogP contribution < -0.4 is 0 Å². The Bertz CT molecular complexity index is 408. The fourth-order valence-electron chi connectivity index (χ4n) is 1.19. The van der Waals surface area contributed by atoms with Gasteiger partial charge in [0.15, 0.2) is 5.65 Å². The number of hydrogen-bond acceptors (Lipinski definition) is 2. The molecule has 62 valence electrons. The van der Waals surface area contributed by atoms with Crippen molar-refractivity contribution in [2.45, 2.75) is 13.5 Å². The van der Waals surface area contributed by atoms with Gasteiger partial charge in [-0.2, -0.15) is 0 Å². The van der Waals surface area contributed by atoms with Gasteiger partial charge in [0.25, 0.3) is 0 Å². The third kappa shape index (κ3) is 1.12. The van der Waals surface area contributed by atoms with Crippen LogP contribution in [0.3, 0.4) is 0 Å². The van der Waals surface area contributed by atoms with Crippen LogP contribution in [-0.4, -0.2) is 14.5 Å². The van der Waals surface area contributed by atoms with E-state index in [1.165, 1.54) is 0 Å². The molecule has 0 spiro atoms. The smallest absolute Gasteiger partial charge is 0.158 e. The molecule has 2 heterocycles. The Labute approximate surface area is 78.6 Å². The maximum atomic E-state index is 4.28. The van der Waals surface area contributed by atoms with Crippen molar-refractivity contribution >= 4 is 27.1 Å². The van der Waals surface area contributed by atoms with Crippen LogP contribution in [0.2, 0.25) is 0 Å². The molecule has 12 heavy (non-hydrogen) atoms. The molecule has 0 saturated heterocycles. The summed E-state index contributed by atoms with van der Waals surface area (Å²) < 4.78 is 2.85. The first-order valence-corrected chi connectivity index (χ1v) is 4.58. The highest BCUT2D eigenvalue weighted by Crippen LogP contribution is 2.13. The van der Waals surface area contributed by atoms with Crippen LogP contribution in [0.4, 0.5) is 0 Å². The Hall–Kier alpha value is -0.900.